The first-order chi connectivity index (χ1) is 10.3. The van der Waals surface area contributed by atoms with Crippen LogP contribution in [0.15, 0.2) is 12.3 Å². The fourth-order valence-electron chi connectivity index (χ4n) is 2.48. The van der Waals surface area contributed by atoms with Crippen molar-refractivity contribution in [2.75, 3.05) is 11.9 Å². The van der Waals surface area contributed by atoms with Crippen molar-refractivity contribution in [1.82, 2.24) is 19.7 Å². The number of nitriles is 1. The zero-order valence-electron chi connectivity index (χ0n) is 11.5. The molecule has 0 aliphatic carbocycles. The van der Waals surface area contributed by atoms with Gasteiger partial charge in [-0.3, -0.25) is 0 Å². The van der Waals surface area contributed by atoms with Crippen LogP contribution in [0.3, 0.4) is 0 Å². The summed E-state index contributed by atoms with van der Waals surface area (Å²) < 4.78 is 2.21. The molecule has 0 fully saturated rings. The highest BCUT2D eigenvalue weighted by Gasteiger charge is 2.15. The molecule has 0 spiro atoms. The third-order valence-electron chi connectivity index (χ3n) is 3.55. The lowest BCUT2D eigenvalue weighted by molar-refractivity contribution is 0.508. The lowest BCUT2D eigenvalue weighted by Gasteiger charge is -2.14. The highest BCUT2D eigenvalue weighted by molar-refractivity contribution is 6.33. The molecule has 6 nitrogen and oxygen atoms in total. The average Bonchev–Trinajstić information content (AvgIpc) is 2.92. The molecule has 0 atom stereocenters. The van der Waals surface area contributed by atoms with E-state index < -0.39 is 0 Å². The van der Waals surface area contributed by atoms with Crippen molar-refractivity contribution in [3.05, 3.63) is 34.5 Å². The smallest absolute Gasteiger partial charge is 0.144 e. The number of halogens is 1. The van der Waals surface area contributed by atoms with Crippen molar-refractivity contribution in [1.29, 1.82) is 5.26 Å². The number of nitrogens with one attached hydrogen (secondary N) is 1. The molecule has 0 bridgehead atoms. The Kier molecular flexibility index (Phi) is 4.02. The van der Waals surface area contributed by atoms with Crippen LogP contribution in [-0.4, -0.2) is 26.3 Å². The van der Waals surface area contributed by atoms with Crippen LogP contribution in [0.1, 0.15) is 30.1 Å². The fourth-order valence-corrected chi connectivity index (χ4v) is 2.71. The Morgan fingerprint density at radius 1 is 1.38 bits per heavy atom. The number of anilines is 1. The monoisotopic (exact) mass is 302 g/mol. The van der Waals surface area contributed by atoms with Gasteiger partial charge >= 0.3 is 0 Å². The summed E-state index contributed by atoms with van der Waals surface area (Å²) in [7, 11) is 0. The number of pyridine rings is 1. The summed E-state index contributed by atoms with van der Waals surface area (Å²) in [4.78, 5) is 4.15. The molecular formula is C14H15ClN6. The minimum atomic E-state index is 0.456. The molecule has 0 unspecified atom stereocenters. The normalized spacial score (nSPS) is 13.5. The van der Waals surface area contributed by atoms with Crippen molar-refractivity contribution >= 4 is 17.4 Å². The Morgan fingerprint density at radius 3 is 3.10 bits per heavy atom. The van der Waals surface area contributed by atoms with Crippen LogP contribution in [-0.2, 0) is 19.4 Å². The van der Waals surface area contributed by atoms with E-state index in [9.17, 15) is 0 Å². The molecule has 0 aromatic carbocycles. The number of hydrogen-bond acceptors (Lipinski definition) is 5. The third-order valence-corrected chi connectivity index (χ3v) is 3.84. The number of hydrogen-bond donors (Lipinski definition) is 1. The van der Waals surface area contributed by atoms with Gasteiger partial charge in [-0.15, -0.1) is 10.2 Å². The van der Waals surface area contributed by atoms with E-state index in [-0.39, 0.29) is 0 Å². The van der Waals surface area contributed by atoms with Crippen LogP contribution >= 0.6 is 11.6 Å². The molecule has 0 radical (unpaired) electrons. The number of fused-ring (bicyclic) bond motifs is 1. The summed E-state index contributed by atoms with van der Waals surface area (Å²) in [6.07, 6.45) is 5.68. The first-order valence-corrected chi connectivity index (χ1v) is 7.36. The van der Waals surface area contributed by atoms with E-state index >= 15 is 0 Å². The number of aryl methyl sites for hydroxylation is 1. The number of rotatable bonds is 4. The quantitative estimate of drug-likeness (QED) is 0.936. The minimum absolute atomic E-state index is 0.456. The maximum atomic E-state index is 8.78. The molecule has 0 amide bonds. The Bertz CT molecular complexity index is 687. The highest BCUT2D eigenvalue weighted by atomic mass is 35.5. The van der Waals surface area contributed by atoms with Crippen LogP contribution in [0.5, 0.6) is 0 Å². The molecule has 1 aliphatic rings. The largest absolute Gasteiger partial charge is 0.368 e. The van der Waals surface area contributed by atoms with Crippen molar-refractivity contribution in [2.24, 2.45) is 0 Å². The molecule has 1 aliphatic heterocycles. The fraction of sp³-hybridized carbons (Fsp3) is 0.429. The zero-order chi connectivity index (χ0) is 14.7. The first-order valence-electron chi connectivity index (χ1n) is 6.98. The maximum Gasteiger partial charge on any atom is 0.144 e. The van der Waals surface area contributed by atoms with E-state index in [1.54, 1.807) is 6.07 Å². The van der Waals surface area contributed by atoms with Crippen molar-refractivity contribution in [3.8, 4) is 6.07 Å². The summed E-state index contributed by atoms with van der Waals surface area (Å²) in [5.74, 6) is 2.68. The van der Waals surface area contributed by atoms with Crippen molar-refractivity contribution < 1.29 is 0 Å². The van der Waals surface area contributed by atoms with Gasteiger partial charge < -0.3 is 9.88 Å². The molecule has 0 saturated heterocycles. The molecule has 3 heterocycles. The standard InChI is InChI=1S/C14H15ClN6/c15-11-7-10(8-16)9-18-14(11)17-5-4-13-20-19-12-3-1-2-6-21(12)13/h7,9H,1-6H2,(H,17,18). The lowest BCUT2D eigenvalue weighted by atomic mass is 10.1. The molecule has 21 heavy (non-hydrogen) atoms. The topological polar surface area (TPSA) is 79.4 Å². The van der Waals surface area contributed by atoms with Crippen LogP contribution in [0, 0.1) is 11.3 Å². The minimum Gasteiger partial charge on any atom is -0.368 e. The van der Waals surface area contributed by atoms with Gasteiger partial charge in [0.05, 0.1) is 10.6 Å². The van der Waals surface area contributed by atoms with E-state index in [0.717, 1.165) is 31.0 Å². The second-order valence-corrected chi connectivity index (χ2v) is 5.39. The van der Waals surface area contributed by atoms with Gasteiger partial charge in [0.2, 0.25) is 0 Å². The van der Waals surface area contributed by atoms with Crippen LogP contribution in [0.2, 0.25) is 5.02 Å². The maximum absolute atomic E-state index is 8.78. The number of nitrogens with zero attached hydrogens (tertiary/aromatic N) is 5. The summed E-state index contributed by atoms with van der Waals surface area (Å²) in [5, 5.41) is 20.9. The van der Waals surface area contributed by atoms with Gasteiger partial charge in [0, 0.05) is 32.1 Å². The first kappa shape index (κ1) is 13.8. The molecule has 0 saturated carbocycles. The van der Waals surface area contributed by atoms with Gasteiger partial charge in [-0.05, 0) is 18.9 Å². The van der Waals surface area contributed by atoms with E-state index in [1.807, 2.05) is 6.07 Å². The van der Waals surface area contributed by atoms with E-state index in [4.69, 9.17) is 16.9 Å². The average molecular weight is 303 g/mol. The SMILES string of the molecule is N#Cc1cnc(NCCc2nnc3n2CCCC3)c(Cl)c1. The van der Waals surface area contributed by atoms with Gasteiger partial charge in [0.25, 0.3) is 0 Å². The van der Waals surface area contributed by atoms with Gasteiger partial charge in [0.1, 0.15) is 23.5 Å². The Labute approximate surface area is 127 Å². The second kappa shape index (κ2) is 6.10. The summed E-state index contributed by atoms with van der Waals surface area (Å²) in [6.45, 7) is 1.68. The Hall–Kier alpha value is -2.13. The molecule has 108 valence electrons. The Balaban J connectivity index is 1.62. The number of aromatic nitrogens is 4. The molecule has 1 N–H and O–H groups in total. The van der Waals surface area contributed by atoms with E-state index in [2.05, 4.69) is 25.1 Å². The molecule has 2 aromatic heterocycles. The predicted octanol–water partition coefficient (Wildman–Crippen LogP) is 2.19. The lowest BCUT2D eigenvalue weighted by Crippen LogP contribution is -2.16. The molecular weight excluding hydrogens is 288 g/mol. The van der Waals surface area contributed by atoms with Crippen molar-refractivity contribution in [2.45, 2.75) is 32.2 Å². The van der Waals surface area contributed by atoms with Crippen LogP contribution < -0.4 is 5.32 Å². The van der Waals surface area contributed by atoms with Crippen molar-refractivity contribution in [3.63, 3.8) is 0 Å². The summed E-state index contributed by atoms with van der Waals surface area (Å²) >= 11 is 6.07. The van der Waals surface area contributed by atoms with Crippen LogP contribution in [0.25, 0.3) is 0 Å². The summed E-state index contributed by atoms with van der Waals surface area (Å²) in [5.41, 5.74) is 0.456. The van der Waals surface area contributed by atoms with E-state index in [1.165, 1.54) is 19.0 Å². The van der Waals surface area contributed by atoms with Crippen LogP contribution in [0.4, 0.5) is 5.82 Å². The highest BCUT2D eigenvalue weighted by Crippen LogP contribution is 2.20. The van der Waals surface area contributed by atoms with Gasteiger partial charge in [0.15, 0.2) is 0 Å². The zero-order valence-corrected chi connectivity index (χ0v) is 12.3. The van der Waals surface area contributed by atoms with Gasteiger partial charge in [-0.1, -0.05) is 11.6 Å². The molecule has 7 heteroatoms. The molecule has 2 aromatic rings. The Morgan fingerprint density at radius 2 is 2.29 bits per heavy atom. The second-order valence-electron chi connectivity index (χ2n) is 4.98. The third kappa shape index (κ3) is 2.98. The van der Waals surface area contributed by atoms with E-state index in [0.29, 0.717) is 22.9 Å². The van der Waals surface area contributed by atoms with Gasteiger partial charge in [-0.2, -0.15) is 5.26 Å². The molecule has 3 rings (SSSR count). The predicted molar refractivity (Wildman–Crippen MR) is 79.1 cm³/mol. The summed E-state index contributed by atoms with van der Waals surface area (Å²) in [6, 6.07) is 3.62. The van der Waals surface area contributed by atoms with Gasteiger partial charge in [-0.25, -0.2) is 4.98 Å².